The first-order valence-corrected chi connectivity index (χ1v) is 15.9. The Morgan fingerprint density at radius 2 is 1.48 bits per heavy atom. The monoisotopic (exact) mass is 648 g/mol. The summed E-state index contributed by atoms with van der Waals surface area (Å²) < 4.78 is 5.22. The number of carboxylic acid groups (broad SMARTS) is 1. The smallest absolute Gasteiger partial charge is 0.305 e. The van der Waals surface area contributed by atoms with Gasteiger partial charge in [-0.05, 0) is 53.9 Å². The minimum atomic E-state index is -1.04. The molecule has 4 aromatic carbocycles. The van der Waals surface area contributed by atoms with Gasteiger partial charge in [-0.2, -0.15) is 0 Å². The standard InChI is InChI=1S/C38H40N4O6/c1-26-8-12-29(13-9-26)32(25-37(45)46)40-38(47)30-14-17-34(33(24-30)39-35(43)22-28-10-15-31(48-2)16-11-28)41-18-20-42(21-19-41)36(44)23-27-6-4-3-5-7-27/h3-17,24,32H,18-23,25H2,1-2H3,(H,39,43)(H,40,47)(H,45,46). The molecule has 1 atom stereocenters. The van der Waals surface area contributed by atoms with Crippen LogP contribution in [-0.4, -0.2) is 67.0 Å². The minimum Gasteiger partial charge on any atom is -0.497 e. The van der Waals surface area contributed by atoms with Crippen LogP contribution in [0.1, 0.15) is 45.1 Å². The maximum Gasteiger partial charge on any atom is 0.305 e. The van der Waals surface area contributed by atoms with E-state index in [4.69, 9.17) is 4.74 Å². The molecule has 1 aliphatic rings. The van der Waals surface area contributed by atoms with Crippen LogP contribution in [0.25, 0.3) is 0 Å². The van der Waals surface area contributed by atoms with Gasteiger partial charge in [0.2, 0.25) is 11.8 Å². The summed E-state index contributed by atoms with van der Waals surface area (Å²) in [5.41, 5.74) is 4.92. The molecular formula is C38H40N4O6. The Morgan fingerprint density at radius 1 is 0.812 bits per heavy atom. The van der Waals surface area contributed by atoms with Crippen molar-refractivity contribution in [3.63, 3.8) is 0 Å². The van der Waals surface area contributed by atoms with Gasteiger partial charge in [0.05, 0.1) is 43.8 Å². The Bertz CT molecular complexity index is 1730. The predicted octanol–water partition coefficient (Wildman–Crippen LogP) is 5.02. The van der Waals surface area contributed by atoms with Crippen LogP contribution >= 0.6 is 0 Å². The van der Waals surface area contributed by atoms with E-state index in [1.807, 2.05) is 66.4 Å². The zero-order valence-corrected chi connectivity index (χ0v) is 27.1. The van der Waals surface area contributed by atoms with E-state index in [-0.39, 0.29) is 30.2 Å². The SMILES string of the molecule is COc1ccc(CC(=O)Nc2cc(C(=O)NC(CC(=O)O)c3ccc(C)cc3)ccc2N2CCN(C(=O)Cc3ccccc3)CC2)cc1. The van der Waals surface area contributed by atoms with Crippen molar-refractivity contribution in [3.05, 3.63) is 125 Å². The number of anilines is 2. The number of piperazine rings is 1. The quantitative estimate of drug-likeness (QED) is 0.197. The molecule has 1 aliphatic heterocycles. The summed E-state index contributed by atoms with van der Waals surface area (Å²) in [4.78, 5) is 55.4. The highest BCUT2D eigenvalue weighted by molar-refractivity contribution is 6.00. The van der Waals surface area contributed by atoms with E-state index in [2.05, 4.69) is 15.5 Å². The fourth-order valence-electron chi connectivity index (χ4n) is 5.72. The van der Waals surface area contributed by atoms with E-state index in [9.17, 15) is 24.3 Å². The average molecular weight is 649 g/mol. The summed E-state index contributed by atoms with van der Waals surface area (Å²) in [6, 6.07) is 28.6. The van der Waals surface area contributed by atoms with Crippen molar-refractivity contribution in [1.29, 1.82) is 0 Å². The number of aliphatic carboxylic acids is 1. The molecule has 5 rings (SSSR count). The molecule has 48 heavy (non-hydrogen) atoms. The van der Waals surface area contributed by atoms with Gasteiger partial charge in [-0.1, -0.05) is 72.3 Å². The highest BCUT2D eigenvalue weighted by Crippen LogP contribution is 2.30. The second kappa shape index (κ2) is 15.8. The molecule has 248 valence electrons. The third-order valence-corrected chi connectivity index (χ3v) is 8.39. The van der Waals surface area contributed by atoms with Gasteiger partial charge >= 0.3 is 5.97 Å². The highest BCUT2D eigenvalue weighted by Gasteiger charge is 2.25. The predicted molar refractivity (Wildman–Crippen MR) is 184 cm³/mol. The first-order valence-electron chi connectivity index (χ1n) is 15.9. The lowest BCUT2D eigenvalue weighted by Gasteiger charge is -2.37. The van der Waals surface area contributed by atoms with E-state index < -0.39 is 17.9 Å². The number of rotatable bonds is 12. The molecule has 0 aromatic heterocycles. The highest BCUT2D eigenvalue weighted by atomic mass is 16.5. The number of nitrogens with one attached hydrogen (secondary N) is 2. The maximum atomic E-state index is 13.5. The van der Waals surface area contributed by atoms with Crippen molar-refractivity contribution in [2.45, 2.75) is 32.2 Å². The lowest BCUT2D eigenvalue weighted by molar-refractivity contribution is -0.137. The van der Waals surface area contributed by atoms with Crippen LogP contribution in [0, 0.1) is 6.92 Å². The van der Waals surface area contributed by atoms with Gasteiger partial charge in [0, 0.05) is 31.7 Å². The van der Waals surface area contributed by atoms with Crippen molar-refractivity contribution >= 4 is 35.1 Å². The Morgan fingerprint density at radius 3 is 2.12 bits per heavy atom. The second-order valence-electron chi connectivity index (χ2n) is 11.9. The molecule has 0 spiro atoms. The van der Waals surface area contributed by atoms with E-state index in [0.717, 1.165) is 22.4 Å². The van der Waals surface area contributed by atoms with Crippen LogP contribution in [0.5, 0.6) is 5.75 Å². The number of methoxy groups -OCH3 is 1. The molecular weight excluding hydrogens is 608 g/mol. The molecule has 0 saturated carbocycles. The molecule has 10 nitrogen and oxygen atoms in total. The number of carboxylic acids is 1. The normalized spacial score (nSPS) is 13.4. The molecule has 10 heteroatoms. The molecule has 3 N–H and O–H groups in total. The first kappa shape index (κ1) is 33.7. The summed E-state index contributed by atoms with van der Waals surface area (Å²) in [6.45, 7) is 4.05. The third-order valence-electron chi connectivity index (χ3n) is 8.39. The van der Waals surface area contributed by atoms with Gasteiger partial charge in [0.1, 0.15) is 5.75 Å². The van der Waals surface area contributed by atoms with Gasteiger partial charge in [0.15, 0.2) is 0 Å². The lowest BCUT2D eigenvalue weighted by Crippen LogP contribution is -2.49. The van der Waals surface area contributed by atoms with Crippen LogP contribution in [-0.2, 0) is 27.2 Å². The average Bonchev–Trinajstić information content (AvgIpc) is 3.09. The number of ether oxygens (including phenoxy) is 1. The Hall–Kier alpha value is -5.64. The fraction of sp³-hybridized carbons (Fsp3) is 0.263. The Balaban J connectivity index is 1.35. The van der Waals surface area contributed by atoms with Crippen LogP contribution < -0.4 is 20.3 Å². The number of hydrogen-bond donors (Lipinski definition) is 3. The van der Waals surface area contributed by atoms with E-state index in [1.54, 1.807) is 49.6 Å². The number of carbonyl (C=O) groups excluding carboxylic acids is 3. The number of nitrogens with zero attached hydrogens (tertiary/aromatic N) is 2. The van der Waals surface area contributed by atoms with Gasteiger partial charge in [-0.25, -0.2) is 0 Å². The molecule has 4 aromatic rings. The van der Waals surface area contributed by atoms with Gasteiger partial charge in [-0.15, -0.1) is 0 Å². The van der Waals surface area contributed by atoms with Crippen molar-refractivity contribution < 1.29 is 29.0 Å². The number of amides is 3. The summed E-state index contributed by atoms with van der Waals surface area (Å²) in [6.07, 6.45) is 0.157. The van der Waals surface area contributed by atoms with Crippen molar-refractivity contribution in [1.82, 2.24) is 10.2 Å². The van der Waals surface area contributed by atoms with Crippen molar-refractivity contribution in [2.24, 2.45) is 0 Å². The number of aryl methyl sites for hydroxylation is 1. The van der Waals surface area contributed by atoms with Crippen LogP contribution in [0.3, 0.4) is 0 Å². The largest absolute Gasteiger partial charge is 0.497 e. The topological polar surface area (TPSA) is 128 Å². The van der Waals surface area contributed by atoms with Gasteiger partial charge in [0.25, 0.3) is 5.91 Å². The first-order chi connectivity index (χ1) is 23.2. The summed E-state index contributed by atoms with van der Waals surface area (Å²) in [5, 5.41) is 15.4. The molecule has 1 fully saturated rings. The summed E-state index contributed by atoms with van der Waals surface area (Å²) in [7, 11) is 1.58. The number of hydrogen-bond acceptors (Lipinski definition) is 6. The van der Waals surface area contributed by atoms with E-state index in [0.29, 0.717) is 49.6 Å². The second-order valence-corrected chi connectivity index (χ2v) is 11.9. The third kappa shape index (κ3) is 9.00. The minimum absolute atomic E-state index is 0.0605. The molecule has 3 amide bonds. The van der Waals surface area contributed by atoms with Crippen LogP contribution in [0.2, 0.25) is 0 Å². The van der Waals surface area contributed by atoms with Crippen LogP contribution in [0.4, 0.5) is 11.4 Å². The fourth-order valence-corrected chi connectivity index (χ4v) is 5.72. The zero-order valence-electron chi connectivity index (χ0n) is 27.1. The van der Waals surface area contributed by atoms with E-state index >= 15 is 0 Å². The van der Waals surface area contributed by atoms with Gasteiger partial charge in [-0.3, -0.25) is 19.2 Å². The molecule has 1 heterocycles. The Labute approximate surface area is 280 Å². The zero-order chi connectivity index (χ0) is 34.0. The van der Waals surface area contributed by atoms with Crippen molar-refractivity contribution in [3.8, 4) is 5.75 Å². The van der Waals surface area contributed by atoms with Crippen LogP contribution in [0.15, 0.2) is 97.1 Å². The summed E-state index contributed by atoms with van der Waals surface area (Å²) in [5.74, 6) is -1.02. The van der Waals surface area contributed by atoms with E-state index in [1.165, 1.54) is 0 Å². The molecule has 1 saturated heterocycles. The maximum absolute atomic E-state index is 13.5. The Kier molecular flexibility index (Phi) is 11.1. The molecule has 1 unspecified atom stereocenters. The molecule has 0 radical (unpaired) electrons. The molecule has 0 aliphatic carbocycles. The lowest BCUT2D eigenvalue weighted by atomic mass is 10.0. The molecule has 0 bridgehead atoms. The van der Waals surface area contributed by atoms with Crippen molar-refractivity contribution in [2.75, 3.05) is 43.5 Å². The number of carbonyl (C=O) groups is 4. The summed E-state index contributed by atoms with van der Waals surface area (Å²) >= 11 is 0. The number of benzene rings is 4. The van der Waals surface area contributed by atoms with Gasteiger partial charge < -0.3 is 30.3 Å².